The number of hydrogen-bond acceptors (Lipinski definition) is 4. The van der Waals surface area contributed by atoms with Crippen LogP contribution in [-0.2, 0) is 4.79 Å². The van der Waals surface area contributed by atoms with E-state index in [0.29, 0.717) is 30.4 Å². The molecule has 3 heterocycles. The molecular formula is C14H13N3O2. The number of carbonyl (C=O) groups is 1. The minimum atomic E-state index is 0.0292. The Bertz CT molecular complexity index is 607. The second kappa shape index (κ2) is 4.68. The van der Waals surface area contributed by atoms with Gasteiger partial charge in [0, 0.05) is 25.1 Å². The predicted octanol–water partition coefficient (Wildman–Crippen LogP) is 2.28. The van der Waals surface area contributed by atoms with E-state index in [1.54, 1.807) is 35.6 Å². The molecule has 0 aliphatic carbocycles. The first-order valence-corrected chi connectivity index (χ1v) is 6.08. The van der Waals surface area contributed by atoms with Gasteiger partial charge in [-0.25, -0.2) is 9.97 Å². The maximum absolute atomic E-state index is 11.9. The van der Waals surface area contributed by atoms with E-state index in [4.69, 9.17) is 4.42 Å². The molecule has 0 saturated carbocycles. The molecule has 19 heavy (non-hydrogen) atoms. The van der Waals surface area contributed by atoms with Gasteiger partial charge >= 0.3 is 0 Å². The van der Waals surface area contributed by atoms with E-state index >= 15 is 0 Å². The Labute approximate surface area is 110 Å². The number of amides is 1. The summed E-state index contributed by atoms with van der Waals surface area (Å²) in [6.45, 7) is 4.32. The van der Waals surface area contributed by atoms with Crippen molar-refractivity contribution in [2.75, 3.05) is 11.4 Å². The fraction of sp³-hybridized carbons (Fsp3) is 0.214. The highest BCUT2D eigenvalue weighted by molar-refractivity contribution is 5.94. The number of hydrogen-bond donors (Lipinski definition) is 0. The Morgan fingerprint density at radius 1 is 1.47 bits per heavy atom. The van der Waals surface area contributed by atoms with Gasteiger partial charge in [-0.15, -0.1) is 6.58 Å². The highest BCUT2D eigenvalue weighted by Crippen LogP contribution is 2.25. The van der Waals surface area contributed by atoms with Crippen LogP contribution in [0.1, 0.15) is 6.42 Å². The summed E-state index contributed by atoms with van der Waals surface area (Å²) in [4.78, 5) is 22.1. The van der Waals surface area contributed by atoms with Gasteiger partial charge in [0.2, 0.25) is 11.9 Å². The number of rotatable bonds is 3. The van der Waals surface area contributed by atoms with E-state index in [9.17, 15) is 4.79 Å². The maximum Gasteiger partial charge on any atom is 0.232 e. The Kier molecular flexibility index (Phi) is 2.87. The normalized spacial score (nSPS) is 18.8. The third kappa shape index (κ3) is 2.14. The van der Waals surface area contributed by atoms with Crippen molar-refractivity contribution in [3.05, 3.63) is 43.3 Å². The van der Waals surface area contributed by atoms with Crippen molar-refractivity contribution in [3.63, 3.8) is 0 Å². The monoisotopic (exact) mass is 255 g/mol. The molecule has 1 aliphatic rings. The molecule has 0 aromatic carbocycles. The molecule has 1 saturated heterocycles. The molecule has 0 radical (unpaired) electrons. The summed E-state index contributed by atoms with van der Waals surface area (Å²) in [5.74, 6) is 1.28. The second-order valence-electron chi connectivity index (χ2n) is 4.42. The van der Waals surface area contributed by atoms with Crippen molar-refractivity contribution >= 4 is 11.9 Å². The zero-order chi connectivity index (χ0) is 13.2. The zero-order valence-electron chi connectivity index (χ0n) is 10.3. The van der Waals surface area contributed by atoms with Crippen LogP contribution in [0.3, 0.4) is 0 Å². The first-order valence-electron chi connectivity index (χ1n) is 6.08. The summed E-state index contributed by atoms with van der Waals surface area (Å²) in [6, 6.07) is 5.38. The summed E-state index contributed by atoms with van der Waals surface area (Å²) < 4.78 is 5.30. The lowest BCUT2D eigenvalue weighted by Gasteiger charge is -2.13. The molecule has 0 spiro atoms. The van der Waals surface area contributed by atoms with Crippen LogP contribution >= 0.6 is 0 Å². The predicted molar refractivity (Wildman–Crippen MR) is 70.4 cm³/mol. The van der Waals surface area contributed by atoms with Crippen LogP contribution in [0.5, 0.6) is 0 Å². The lowest BCUT2D eigenvalue weighted by atomic mass is 10.1. The molecule has 1 aliphatic heterocycles. The van der Waals surface area contributed by atoms with E-state index in [1.807, 2.05) is 6.07 Å². The molecule has 1 unspecified atom stereocenters. The highest BCUT2D eigenvalue weighted by atomic mass is 16.3. The number of anilines is 1. The smallest absolute Gasteiger partial charge is 0.232 e. The summed E-state index contributed by atoms with van der Waals surface area (Å²) in [7, 11) is 0. The first kappa shape index (κ1) is 11.6. The van der Waals surface area contributed by atoms with Gasteiger partial charge in [-0.2, -0.15) is 0 Å². The summed E-state index contributed by atoms with van der Waals surface area (Å²) in [5.41, 5.74) is 0.671. The maximum atomic E-state index is 11.9. The average molecular weight is 255 g/mol. The molecule has 96 valence electrons. The lowest BCUT2D eigenvalue weighted by Crippen LogP contribution is -2.26. The third-order valence-electron chi connectivity index (χ3n) is 3.15. The topological polar surface area (TPSA) is 59.2 Å². The van der Waals surface area contributed by atoms with Crippen LogP contribution in [0, 0.1) is 5.92 Å². The minimum Gasteiger partial charge on any atom is -0.463 e. The molecule has 5 heteroatoms. The van der Waals surface area contributed by atoms with Gasteiger partial charge < -0.3 is 4.42 Å². The Hall–Kier alpha value is -2.43. The van der Waals surface area contributed by atoms with Crippen molar-refractivity contribution < 1.29 is 9.21 Å². The SMILES string of the molecule is C=CC1CC(=O)N(c2nccc(-c3ccco3)n2)C1. The van der Waals surface area contributed by atoms with Crippen LogP contribution in [0.4, 0.5) is 5.95 Å². The average Bonchev–Trinajstić information content (AvgIpc) is 3.08. The second-order valence-corrected chi connectivity index (χ2v) is 4.42. The molecule has 2 aromatic rings. The fourth-order valence-corrected chi connectivity index (χ4v) is 2.13. The van der Waals surface area contributed by atoms with Gasteiger partial charge in [0.05, 0.1) is 6.26 Å². The van der Waals surface area contributed by atoms with E-state index in [2.05, 4.69) is 16.5 Å². The van der Waals surface area contributed by atoms with Gasteiger partial charge in [-0.3, -0.25) is 9.69 Å². The lowest BCUT2D eigenvalue weighted by molar-refractivity contribution is -0.117. The van der Waals surface area contributed by atoms with Gasteiger partial charge in [-0.05, 0) is 18.2 Å². The van der Waals surface area contributed by atoms with Crippen molar-refractivity contribution in [1.29, 1.82) is 0 Å². The van der Waals surface area contributed by atoms with Gasteiger partial charge in [0.15, 0.2) is 5.76 Å². The molecular weight excluding hydrogens is 242 g/mol. The Balaban J connectivity index is 1.92. The van der Waals surface area contributed by atoms with Gasteiger partial charge in [-0.1, -0.05) is 6.08 Å². The number of nitrogens with zero attached hydrogens (tertiary/aromatic N) is 3. The highest BCUT2D eigenvalue weighted by Gasteiger charge is 2.30. The van der Waals surface area contributed by atoms with Crippen LogP contribution < -0.4 is 4.90 Å². The molecule has 5 nitrogen and oxygen atoms in total. The molecule has 1 amide bonds. The fourth-order valence-electron chi connectivity index (χ4n) is 2.13. The van der Waals surface area contributed by atoms with Gasteiger partial charge in [0.1, 0.15) is 5.69 Å². The molecule has 0 N–H and O–H groups in total. The first-order chi connectivity index (χ1) is 9.28. The van der Waals surface area contributed by atoms with Crippen molar-refractivity contribution in [2.24, 2.45) is 5.92 Å². The minimum absolute atomic E-state index is 0.0292. The molecule has 1 atom stereocenters. The van der Waals surface area contributed by atoms with Crippen LogP contribution in [-0.4, -0.2) is 22.4 Å². The van der Waals surface area contributed by atoms with E-state index < -0.39 is 0 Å². The van der Waals surface area contributed by atoms with E-state index in [-0.39, 0.29) is 11.8 Å². The summed E-state index contributed by atoms with van der Waals surface area (Å²) in [6.07, 6.45) is 5.49. The quantitative estimate of drug-likeness (QED) is 0.789. The molecule has 0 bridgehead atoms. The van der Waals surface area contributed by atoms with Crippen molar-refractivity contribution in [3.8, 4) is 11.5 Å². The third-order valence-corrected chi connectivity index (χ3v) is 3.15. The number of carbonyl (C=O) groups excluding carboxylic acids is 1. The van der Waals surface area contributed by atoms with Crippen molar-refractivity contribution in [2.45, 2.75) is 6.42 Å². The zero-order valence-corrected chi connectivity index (χ0v) is 10.3. The Morgan fingerprint density at radius 2 is 2.37 bits per heavy atom. The molecule has 3 rings (SSSR count). The summed E-state index contributed by atoms with van der Waals surface area (Å²) in [5, 5.41) is 0. The van der Waals surface area contributed by atoms with Crippen LogP contribution in [0.2, 0.25) is 0 Å². The Morgan fingerprint density at radius 3 is 3.05 bits per heavy atom. The standard InChI is InChI=1S/C14H13N3O2/c1-2-10-8-13(18)17(9-10)14-15-6-5-11(16-14)12-4-3-7-19-12/h2-7,10H,1,8-9H2. The van der Waals surface area contributed by atoms with E-state index in [1.165, 1.54) is 0 Å². The van der Waals surface area contributed by atoms with Gasteiger partial charge in [0.25, 0.3) is 0 Å². The number of furan rings is 1. The largest absolute Gasteiger partial charge is 0.463 e. The van der Waals surface area contributed by atoms with Crippen LogP contribution in [0.15, 0.2) is 47.7 Å². The molecule has 2 aromatic heterocycles. The van der Waals surface area contributed by atoms with Crippen molar-refractivity contribution in [1.82, 2.24) is 9.97 Å². The number of aromatic nitrogens is 2. The summed E-state index contributed by atoms with van der Waals surface area (Å²) >= 11 is 0. The molecule has 1 fully saturated rings. The van der Waals surface area contributed by atoms with E-state index in [0.717, 1.165) is 0 Å². The van der Waals surface area contributed by atoms with Crippen LogP contribution in [0.25, 0.3) is 11.5 Å².